The Balaban J connectivity index is 1.80. The first kappa shape index (κ1) is 33.5. The van der Waals surface area contributed by atoms with Crippen molar-refractivity contribution in [3.05, 3.63) is 107 Å². The first-order chi connectivity index (χ1) is 20.7. The van der Waals surface area contributed by atoms with Crippen LogP contribution >= 0.6 is 0 Å². The molecule has 0 aliphatic heterocycles. The number of benzene rings is 3. The van der Waals surface area contributed by atoms with Gasteiger partial charge in [0.25, 0.3) is 11.8 Å². The Morgan fingerprint density at radius 1 is 0.814 bits per heavy atom. The summed E-state index contributed by atoms with van der Waals surface area (Å²) in [5, 5.41) is 28.1. The van der Waals surface area contributed by atoms with E-state index in [1.54, 1.807) is 36.9 Å². The smallest absolute Gasteiger partial charge is 0.253 e. The van der Waals surface area contributed by atoms with Gasteiger partial charge in [-0.1, -0.05) is 87.5 Å². The van der Waals surface area contributed by atoms with Crippen molar-refractivity contribution in [2.24, 2.45) is 5.92 Å². The fourth-order valence-corrected chi connectivity index (χ4v) is 5.04. The number of aryl methyl sites for hydroxylation is 1. The monoisotopic (exact) mass is 587 g/mol. The summed E-state index contributed by atoms with van der Waals surface area (Å²) < 4.78 is 0. The fourth-order valence-electron chi connectivity index (χ4n) is 5.04. The standard InChI is InChI=1S/C35H45N3O5/c1-5-19-38(20-6-2)35(43)28-18-17-24(3)29(22-28)34(42)37-30(21-26-13-9-7-10-14-26)32(40)31(39)25(4)33(41)36-23-27-15-11-8-12-16-27/h7-18,22,25,30-32,39-40H,5-6,19-21,23H2,1-4H3,(H,36,41)(H,37,42)/t25-,30+,31-,32-/m1/s1. The van der Waals surface area contributed by atoms with Gasteiger partial charge in [-0.25, -0.2) is 0 Å². The molecule has 0 bridgehead atoms. The largest absolute Gasteiger partial charge is 0.390 e. The summed E-state index contributed by atoms with van der Waals surface area (Å²) in [6.07, 6.45) is -1.02. The zero-order valence-electron chi connectivity index (χ0n) is 25.6. The zero-order valence-corrected chi connectivity index (χ0v) is 25.6. The van der Waals surface area contributed by atoms with Gasteiger partial charge in [0.1, 0.15) is 6.10 Å². The molecule has 3 amide bonds. The Bertz CT molecular complexity index is 1330. The second-order valence-corrected chi connectivity index (χ2v) is 11.1. The number of nitrogens with zero attached hydrogens (tertiary/aromatic N) is 1. The molecular weight excluding hydrogens is 542 g/mol. The predicted molar refractivity (Wildman–Crippen MR) is 169 cm³/mol. The van der Waals surface area contributed by atoms with Crippen LogP contribution in [0.15, 0.2) is 78.9 Å². The number of hydrogen-bond donors (Lipinski definition) is 4. The average Bonchev–Trinajstić information content (AvgIpc) is 3.03. The van der Waals surface area contributed by atoms with Crippen molar-refractivity contribution in [3.63, 3.8) is 0 Å². The quantitative estimate of drug-likeness (QED) is 0.212. The highest BCUT2D eigenvalue weighted by atomic mass is 16.3. The highest BCUT2D eigenvalue weighted by molar-refractivity contribution is 6.00. The summed E-state index contributed by atoms with van der Waals surface area (Å²) in [4.78, 5) is 41.5. The number of amides is 3. The molecule has 3 rings (SSSR count). The highest BCUT2D eigenvalue weighted by Crippen LogP contribution is 2.18. The third kappa shape index (κ3) is 9.49. The lowest BCUT2D eigenvalue weighted by molar-refractivity contribution is -0.131. The molecule has 0 aliphatic rings. The van der Waals surface area contributed by atoms with Crippen molar-refractivity contribution < 1.29 is 24.6 Å². The molecule has 8 nitrogen and oxygen atoms in total. The first-order valence-corrected chi connectivity index (χ1v) is 15.1. The van der Waals surface area contributed by atoms with E-state index in [1.165, 1.54) is 0 Å². The van der Waals surface area contributed by atoms with Crippen LogP contribution in [0.1, 0.15) is 71.0 Å². The number of carbonyl (C=O) groups is 3. The molecule has 0 fully saturated rings. The molecule has 43 heavy (non-hydrogen) atoms. The van der Waals surface area contributed by atoms with Crippen molar-refractivity contribution in [1.82, 2.24) is 15.5 Å². The van der Waals surface area contributed by atoms with Gasteiger partial charge >= 0.3 is 0 Å². The van der Waals surface area contributed by atoms with Crippen molar-refractivity contribution in [3.8, 4) is 0 Å². The maximum absolute atomic E-state index is 13.6. The van der Waals surface area contributed by atoms with Crippen molar-refractivity contribution in [2.75, 3.05) is 13.1 Å². The van der Waals surface area contributed by atoms with Crippen LogP contribution in [0.2, 0.25) is 0 Å². The molecule has 0 spiro atoms. The van der Waals surface area contributed by atoms with E-state index < -0.39 is 36.0 Å². The lowest BCUT2D eigenvalue weighted by Crippen LogP contribution is -2.53. The highest BCUT2D eigenvalue weighted by Gasteiger charge is 2.35. The fraction of sp³-hybridized carbons (Fsp3) is 0.400. The number of carbonyl (C=O) groups excluding carboxylic acids is 3. The van der Waals surface area contributed by atoms with E-state index in [0.29, 0.717) is 36.3 Å². The van der Waals surface area contributed by atoms with Crippen LogP contribution in [0.3, 0.4) is 0 Å². The molecule has 3 aromatic carbocycles. The second-order valence-electron chi connectivity index (χ2n) is 11.1. The number of rotatable bonds is 15. The van der Waals surface area contributed by atoms with Crippen LogP contribution in [-0.2, 0) is 17.8 Å². The maximum Gasteiger partial charge on any atom is 0.253 e. The van der Waals surface area contributed by atoms with Gasteiger partial charge in [-0.3, -0.25) is 14.4 Å². The topological polar surface area (TPSA) is 119 Å². The molecule has 0 saturated heterocycles. The summed E-state index contributed by atoms with van der Waals surface area (Å²) in [6.45, 7) is 8.92. The minimum absolute atomic E-state index is 0.135. The van der Waals surface area contributed by atoms with Gasteiger partial charge in [0, 0.05) is 30.8 Å². The molecule has 230 valence electrons. The van der Waals surface area contributed by atoms with Gasteiger partial charge in [0.05, 0.1) is 18.1 Å². The molecule has 0 aliphatic carbocycles. The molecular formula is C35H45N3O5. The normalized spacial score (nSPS) is 13.8. The molecule has 3 aromatic rings. The van der Waals surface area contributed by atoms with E-state index in [9.17, 15) is 24.6 Å². The molecule has 0 aromatic heterocycles. The van der Waals surface area contributed by atoms with Gasteiger partial charge in [-0.05, 0) is 55.0 Å². The number of aliphatic hydroxyl groups excluding tert-OH is 2. The van der Waals surface area contributed by atoms with Crippen LogP contribution in [0.4, 0.5) is 0 Å². The third-order valence-corrected chi connectivity index (χ3v) is 7.62. The second kappa shape index (κ2) is 16.6. The lowest BCUT2D eigenvalue weighted by Gasteiger charge is -2.31. The number of hydrogen-bond acceptors (Lipinski definition) is 5. The summed E-state index contributed by atoms with van der Waals surface area (Å²) in [5.74, 6) is -1.96. The van der Waals surface area contributed by atoms with E-state index in [-0.39, 0.29) is 12.3 Å². The maximum atomic E-state index is 13.6. The van der Waals surface area contributed by atoms with Crippen molar-refractivity contribution >= 4 is 17.7 Å². The van der Waals surface area contributed by atoms with Crippen LogP contribution in [0, 0.1) is 12.8 Å². The van der Waals surface area contributed by atoms with Crippen LogP contribution < -0.4 is 10.6 Å². The molecule has 4 N–H and O–H groups in total. The van der Waals surface area contributed by atoms with E-state index in [1.807, 2.05) is 74.5 Å². The van der Waals surface area contributed by atoms with Crippen molar-refractivity contribution in [1.29, 1.82) is 0 Å². The summed E-state index contributed by atoms with van der Waals surface area (Å²) in [7, 11) is 0. The van der Waals surface area contributed by atoms with E-state index >= 15 is 0 Å². The number of aliphatic hydroxyl groups is 2. The molecule has 4 atom stereocenters. The summed E-state index contributed by atoms with van der Waals surface area (Å²) >= 11 is 0. The molecule has 0 unspecified atom stereocenters. The first-order valence-electron chi connectivity index (χ1n) is 15.1. The molecule has 0 radical (unpaired) electrons. The predicted octanol–water partition coefficient (Wildman–Crippen LogP) is 4.27. The summed E-state index contributed by atoms with van der Waals surface area (Å²) in [5.41, 5.74) is 3.16. The molecule has 0 heterocycles. The van der Waals surface area contributed by atoms with E-state index in [2.05, 4.69) is 10.6 Å². The van der Waals surface area contributed by atoms with Crippen LogP contribution in [0.25, 0.3) is 0 Å². The van der Waals surface area contributed by atoms with Crippen LogP contribution in [0.5, 0.6) is 0 Å². The summed E-state index contributed by atoms with van der Waals surface area (Å²) in [6, 6.07) is 22.9. The van der Waals surface area contributed by atoms with Gasteiger partial charge in [-0.2, -0.15) is 0 Å². The Morgan fingerprint density at radius 2 is 1.40 bits per heavy atom. The number of nitrogens with one attached hydrogen (secondary N) is 2. The van der Waals surface area contributed by atoms with Crippen molar-refractivity contribution in [2.45, 2.75) is 71.8 Å². The van der Waals surface area contributed by atoms with E-state index in [4.69, 9.17) is 0 Å². The van der Waals surface area contributed by atoms with Gasteiger partial charge < -0.3 is 25.7 Å². The molecule has 0 saturated carbocycles. The lowest BCUT2D eigenvalue weighted by atomic mass is 9.90. The zero-order chi connectivity index (χ0) is 31.4. The Kier molecular flexibility index (Phi) is 12.9. The minimum atomic E-state index is -1.45. The van der Waals surface area contributed by atoms with Gasteiger partial charge in [0.15, 0.2) is 0 Å². The Morgan fingerprint density at radius 3 is 1.98 bits per heavy atom. The Hall–Kier alpha value is -4.01. The average molecular weight is 588 g/mol. The third-order valence-electron chi connectivity index (χ3n) is 7.62. The van der Waals surface area contributed by atoms with E-state index in [0.717, 1.165) is 24.0 Å². The molecule has 8 heteroatoms. The minimum Gasteiger partial charge on any atom is -0.390 e. The Labute approximate surface area is 255 Å². The van der Waals surface area contributed by atoms with Crippen LogP contribution in [-0.4, -0.2) is 64.2 Å². The van der Waals surface area contributed by atoms with Gasteiger partial charge in [-0.15, -0.1) is 0 Å². The SMILES string of the molecule is CCCN(CCC)C(=O)c1ccc(C)c(C(=O)N[C@@H](Cc2ccccc2)[C@@H](O)[C@H](O)[C@@H](C)C(=O)NCc2ccccc2)c1. The van der Waals surface area contributed by atoms with Gasteiger partial charge in [0.2, 0.25) is 5.91 Å².